The summed E-state index contributed by atoms with van der Waals surface area (Å²) in [5.74, 6) is -0.287. The summed E-state index contributed by atoms with van der Waals surface area (Å²) in [6, 6.07) is -0.685. The zero-order valence-electron chi connectivity index (χ0n) is 21.1. The van der Waals surface area contributed by atoms with Crippen LogP contribution in [0, 0.1) is 5.41 Å². The topological polar surface area (TPSA) is 93.8 Å². The highest BCUT2D eigenvalue weighted by atomic mass is 16.2. The fourth-order valence-corrected chi connectivity index (χ4v) is 4.78. The third-order valence-electron chi connectivity index (χ3n) is 7.50. The van der Waals surface area contributed by atoms with Crippen LogP contribution in [0.1, 0.15) is 75.2 Å². The van der Waals surface area contributed by atoms with E-state index in [0.717, 1.165) is 0 Å². The van der Waals surface area contributed by atoms with Crippen molar-refractivity contribution >= 4 is 17.8 Å². The van der Waals surface area contributed by atoms with Crippen LogP contribution in [0.5, 0.6) is 0 Å². The molecule has 0 spiro atoms. The van der Waals surface area contributed by atoms with Crippen LogP contribution in [0.25, 0.3) is 0 Å². The number of urea groups is 1. The lowest BCUT2D eigenvalue weighted by molar-refractivity contribution is -0.144. The SMILES string of the molecule is CNC(C)(C)C(=O)N[C@H](C(=O)N1CC[C@@]2(C)N(C(=O)NC(C)C)CCC12C)C(C)(C)C. The zero-order valence-corrected chi connectivity index (χ0v) is 21.1. The van der Waals surface area contributed by atoms with E-state index in [0.29, 0.717) is 25.9 Å². The monoisotopic (exact) mass is 437 g/mol. The molecule has 2 aliphatic rings. The van der Waals surface area contributed by atoms with Gasteiger partial charge in [-0.25, -0.2) is 4.79 Å². The molecule has 0 radical (unpaired) electrons. The molecule has 3 atom stereocenters. The summed E-state index contributed by atoms with van der Waals surface area (Å²) in [5.41, 5.74) is -2.17. The number of rotatable bonds is 5. The number of nitrogens with zero attached hydrogens (tertiary/aromatic N) is 2. The molecule has 0 aliphatic carbocycles. The first-order valence-corrected chi connectivity index (χ1v) is 11.4. The second-order valence-corrected chi connectivity index (χ2v) is 11.4. The lowest BCUT2D eigenvalue weighted by Gasteiger charge is -2.45. The Bertz CT molecular complexity index is 729. The van der Waals surface area contributed by atoms with Gasteiger partial charge in [0.15, 0.2) is 0 Å². The maximum atomic E-state index is 13.9. The van der Waals surface area contributed by atoms with Crippen molar-refractivity contribution in [2.24, 2.45) is 5.41 Å². The van der Waals surface area contributed by atoms with Gasteiger partial charge in [0.25, 0.3) is 0 Å². The Kier molecular flexibility index (Phi) is 6.78. The van der Waals surface area contributed by atoms with E-state index in [1.54, 1.807) is 20.9 Å². The number of fused-ring (bicyclic) bond motifs is 1. The van der Waals surface area contributed by atoms with Crippen LogP contribution >= 0.6 is 0 Å². The van der Waals surface area contributed by atoms with Crippen molar-refractivity contribution < 1.29 is 14.4 Å². The molecular formula is C23H43N5O3. The highest BCUT2D eigenvalue weighted by molar-refractivity contribution is 5.92. The predicted octanol–water partition coefficient (Wildman–Crippen LogP) is 2.09. The van der Waals surface area contributed by atoms with E-state index in [2.05, 4.69) is 29.8 Å². The maximum absolute atomic E-state index is 13.9. The van der Waals surface area contributed by atoms with Gasteiger partial charge in [-0.05, 0) is 66.8 Å². The molecule has 2 saturated heterocycles. The number of amides is 4. The number of carbonyl (C=O) groups is 3. The fraction of sp³-hybridized carbons (Fsp3) is 0.870. The van der Waals surface area contributed by atoms with E-state index in [1.165, 1.54) is 0 Å². The van der Waals surface area contributed by atoms with Gasteiger partial charge in [-0.15, -0.1) is 0 Å². The van der Waals surface area contributed by atoms with Gasteiger partial charge in [-0.3, -0.25) is 9.59 Å². The minimum atomic E-state index is -0.785. The molecule has 0 aromatic rings. The number of likely N-dealkylation sites (tertiary alicyclic amines) is 2. The minimum absolute atomic E-state index is 0.0538. The molecule has 2 rings (SSSR count). The number of nitrogens with one attached hydrogen (secondary N) is 3. The quantitative estimate of drug-likeness (QED) is 0.614. The number of likely N-dealkylation sites (N-methyl/N-ethyl adjacent to an activating group) is 1. The molecule has 8 heteroatoms. The van der Waals surface area contributed by atoms with Gasteiger partial charge in [-0.1, -0.05) is 20.8 Å². The Morgan fingerprint density at radius 1 is 0.871 bits per heavy atom. The normalized spacial score (nSPS) is 27.3. The summed E-state index contributed by atoms with van der Waals surface area (Å²) in [6.07, 6.45) is 1.43. The maximum Gasteiger partial charge on any atom is 0.318 e. The third-order valence-corrected chi connectivity index (χ3v) is 7.50. The molecular weight excluding hydrogens is 394 g/mol. The molecule has 0 bridgehead atoms. The molecule has 31 heavy (non-hydrogen) atoms. The average molecular weight is 438 g/mol. The number of carbonyl (C=O) groups excluding carboxylic acids is 3. The van der Waals surface area contributed by atoms with Crippen molar-refractivity contribution in [1.29, 1.82) is 0 Å². The van der Waals surface area contributed by atoms with Gasteiger partial charge >= 0.3 is 6.03 Å². The minimum Gasteiger partial charge on any atom is -0.342 e. The van der Waals surface area contributed by atoms with Crippen LogP contribution in [0.4, 0.5) is 4.79 Å². The zero-order chi connectivity index (χ0) is 24.0. The first kappa shape index (κ1) is 25.4. The summed E-state index contributed by atoms with van der Waals surface area (Å²) in [7, 11) is 1.73. The Balaban J connectivity index is 2.32. The van der Waals surface area contributed by atoms with Gasteiger partial charge < -0.3 is 25.8 Å². The summed E-state index contributed by atoms with van der Waals surface area (Å²) in [4.78, 5) is 43.4. The molecule has 1 unspecified atom stereocenters. The number of hydrogen-bond acceptors (Lipinski definition) is 4. The molecule has 2 fully saturated rings. The van der Waals surface area contributed by atoms with Crippen LogP contribution in [-0.2, 0) is 9.59 Å². The highest BCUT2D eigenvalue weighted by Gasteiger charge is 2.63. The van der Waals surface area contributed by atoms with Crippen LogP contribution in [0.15, 0.2) is 0 Å². The van der Waals surface area contributed by atoms with Crippen molar-refractivity contribution in [2.45, 2.75) is 104 Å². The Morgan fingerprint density at radius 3 is 1.81 bits per heavy atom. The molecule has 8 nitrogen and oxygen atoms in total. The van der Waals surface area contributed by atoms with Crippen molar-refractivity contribution in [2.75, 3.05) is 20.1 Å². The van der Waals surface area contributed by atoms with E-state index in [-0.39, 0.29) is 23.9 Å². The van der Waals surface area contributed by atoms with Crippen LogP contribution in [0.3, 0.4) is 0 Å². The second-order valence-electron chi connectivity index (χ2n) is 11.4. The molecule has 2 aliphatic heterocycles. The lowest BCUT2D eigenvalue weighted by atomic mass is 9.79. The first-order valence-electron chi connectivity index (χ1n) is 11.4. The van der Waals surface area contributed by atoms with Gasteiger partial charge in [0.05, 0.1) is 16.6 Å². The summed E-state index contributed by atoms with van der Waals surface area (Å²) < 4.78 is 0. The highest BCUT2D eigenvalue weighted by Crippen LogP contribution is 2.50. The van der Waals surface area contributed by atoms with Gasteiger partial charge in [0.2, 0.25) is 11.8 Å². The Labute approximate surface area is 187 Å². The van der Waals surface area contributed by atoms with E-state index in [4.69, 9.17) is 0 Å². The fourth-order valence-electron chi connectivity index (χ4n) is 4.78. The molecule has 0 aromatic heterocycles. The summed E-state index contributed by atoms with van der Waals surface area (Å²) in [5, 5.41) is 9.01. The molecule has 178 valence electrons. The largest absolute Gasteiger partial charge is 0.342 e. The van der Waals surface area contributed by atoms with E-state index < -0.39 is 28.1 Å². The standard InChI is InChI=1S/C23H43N5O3/c1-15(2)25-19(31)28-14-12-22(8)23(28,9)11-13-27(22)17(29)16(20(3,4)5)26-18(30)21(6,7)24-10/h15-16,24H,11-14H2,1-10H3,(H,25,31)(H,26,30)/t16-,22?,23-/m1/s1. The van der Waals surface area contributed by atoms with Crippen LogP contribution in [-0.4, -0.2) is 76.5 Å². The second kappa shape index (κ2) is 8.26. The summed E-state index contributed by atoms with van der Waals surface area (Å²) in [6.45, 7) is 18.7. The van der Waals surface area contributed by atoms with Crippen molar-refractivity contribution in [3.63, 3.8) is 0 Å². The lowest BCUT2D eigenvalue weighted by Crippen LogP contribution is -2.65. The average Bonchev–Trinajstić information content (AvgIpc) is 3.04. The van der Waals surface area contributed by atoms with Crippen LogP contribution < -0.4 is 16.0 Å². The van der Waals surface area contributed by atoms with E-state index in [1.807, 2.05) is 44.4 Å². The molecule has 4 amide bonds. The van der Waals surface area contributed by atoms with Crippen molar-refractivity contribution in [3.05, 3.63) is 0 Å². The van der Waals surface area contributed by atoms with E-state index >= 15 is 0 Å². The molecule has 0 aromatic carbocycles. The first-order chi connectivity index (χ1) is 14.0. The number of hydrogen-bond donors (Lipinski definition) is 3. The van der Waals surface area contributed by atoms with Crippen molar-refractivity contribution in [3.8, 4) is 0 Å². The predicted molar refractivity (Wildman–Crippen MR) is 123 cm³/mol. The molecule has 2 heterocycles. The van der Waals surface area contributed by atoms with Gasteiger partial charge in [0.1, 0.15) is 6.04 Å². The molecule has 3 N–H and O–H groups in total. The third kappa shape index (κ3) is 4.41. The Morgan fingerprint density at radius 2 is 1.35 bits per heavy atom. The Hall–Kier alpha value is -1.83. The van der Waals surface area contributed by atoms with Gasteiger partial charge in [0, 0.05) is 19.1 Å². The molecule has 0 saturated carbocycles. The van der Waals surface area contributed by atoms with Crippen molar-refractivity contribution in [1.82, 2.24) is 25.8 Å². The van der Waals surface area contributed by atoms with Gasteiger partial charge in [-0.2, -0.15) is 0 Å². The van der Waals surface area contributed by atoms with Crippen LogP contribution in [0.2, 0.25) is 0 Å². The van der Waals surface area contributed by atoms with E-state index in [9.17, 15) is 14.4 Å². The summed E-state index contributed by atoms with van der Waals surface area (Å²) >= 11 is 0. The smallest absolute Gasteiger partial charge is 0.318 e.